The lowest BCUT2D eigenvalue weighted by molar-refractivity contribution is -0.132. The van der Waals surface area contributed by atoms with Gasteiger partial charge in [-0.15, -0.1) is 0 Å². The molecule has 0 fully saturated rings. The molecule has 2 aromatic carbocycles. The minimum absolute atomic E-state index is 0.0861. The lowest BCUT2D eigenvalue weighted by atomic mass is 9.77. The van der Waals surface area contributed by atoms with Crippen LogP contribution in [0, 0.1) is 0 Å². The molecule has 0 aliphatic carbocycles. The van der Waals surface area contributed by atoms with Crippen molar-refractivity contribution in [2.75, 3.05) is 12.8 Å². The van der Waals surface area contributed by atoms with Crippen molar-refractivity contribution in [1.82, 2.24) is 4.90 Å². The topological polar surface area (TPSA) is 71.5 Å². The van der Waals surface area contributed by atoms with E-state index in [9.17, 15) is 18.0 Å². The highest BCUT2D eigenvalue weighted by atomic mass is 35.5. The van der Waals surface area contributed by atoms with Gasteiger partial charge in [-0.25, -0.2) is 8.42 Å². The van der Waals surface area contributed by atoms with Gasteiger partial charge in [0.25, 0.3) is 5.91 Å². The molecular formula is C18H16ClNO4S. The molecule has 130 valence electrons. The fourth-order valence-corrected chi connectivity index (χ4v) is 5.04. The average molecular weight is 378 g/mol. The number of carbonyl (C=O) groups is 2. The third-order valence-corrected chi connectivity index (χ3v) is 6.68. The maximum absolute atomic E-state index is 12.9. The fourth-order valence-electron chi connectivity index (χ4n) is 3.15. The maximum atomic E-state index is 12.9. The van der Waals surface area contributed by atoms with Crippen molar-refractivity contribution >= 4 is 33.3 Å². The van der Waals surface area contributed by atoms with Crippen molar-refractivity contribution in [3.63, 3.8) is 0 Å². The quantitative estimate of drug-likeness (QED) is 0.771. The number of halogens is 1. The Balaban J connectivity index is 2.11. The molecule has 5 nitrogen and oxygen atoms in total. The lowest BCUT2D eigenvalue weighted by Crippen LogP contribution is -2.54. The van der Waals surface area contributed by atoms with Crippen molar-refractivity contribution in [2.24, 2.45) is 0 Å². The summed E-state index contributed by atoms with van der Waals surface area (Å²) in [7, 11) is -2.40. The molecule has 1 unspecified atom stereocenters. The molecule has 0 radical (unpaired) electrons. The molecule has 3 rings (SSSR count). The van der Waals surface area contributed by atoms with Gasteiger partial charge in [-0.1, -0.05) is 29.8 Å². The van der Waals surface area contributed by atoms with Gasteiger partial charge in [0.1, 0.15) is 0 Å². The van der Waals surface area contributed by atoms with E-state index in [0.717, 1.165) is 4.90 Å². The van der Waals surface area contributed by atoms with Crippen LogP contribution in [0.25, 0.3) is 0 Å². The first-order valence-electron chi connectivity index (χ1n) is 7.57. The van der Waals surface area contributed by atoms with Crippen molar-refractivity contribution < 1.29 is 18.0 Å². The van der Waals surface area contributed by atoms with Gasteiger partial charge in [0.2, 0.25) is 5.91 Å². The Morgan fingerprint density at radius 3 is 2.28 bits per heavy atom. The third kappa shape index (κ3) is 2.85. The zero-order valence-electron chi connectivity index (χ0n) is 13.7. The molecule has 1 atom stereocenters. The first-order chi connectivity index (χ1) is 11.7. The predicted molar refractivity (Wildman–Crippen MR) is 94.4 cm³/mol. The number of hydrogen-bond acceptors (Lipinski definition) is 4. The van der Waals surface area contributed by atoms with Crippen LogP contribution in [0.4, 0.5) is 0 Å². The Labute approximate surface area is 151 Å². The molecule has 0 bridgehead atoms. The summed E-state index contributed by atoms with van der Waals surface area (Å²) in [6.07, 6.45) is 0. The number of fused-ring (bicyclic) bond motifs is 1. The minimum atomic E-state index is -3.77. The maximum Gasteiger partial charge on any atom is 0.260 e. The number of imide groups is 1. The highest BCUT2D eigenvalue weighted by Gasteiger charge is 2.48. The Morgan fingerprint density at radius 2 is 1.64 bits per heavy atom. The molecule has 0 aromatic heterocycles. The van der Waals surface area contributed by atoms with Crippen LogP contribution in [-0.2, 0) is 20.0 Å². The molecule has 1 aliphatic rings. The van der Waals surface area contributed by atoms with Gasteiger partial charge < -0.3 is 0 Å². The second-order valence-corrected chi connectivity index (χ2v) is 8.69. The van der Waals surface area contributed by atoms with Crippen molar-refractivity contribution in [3.05, 3.63) is 64.7 Å². The standard InChI is InChI=1S/C18H16ClNO4S/c1-18(11-25(23,24)13-9-7-12(19)8-10-13)15-6-4-3-5-14(15)16(21)20(2)17(18)22/h3-10H,11H2,1-2H3. The van der Waals surface area contributed by atoms with E-state index < -0.39 is 32.8 Å². The van der Waals surface area contributed by atoms with Crippen LogP contribution in [-0.4, -0.2) is 37.9 Å². The van der Waals surface area contributed by atoms with E-state index in [1.807, 2.05) is 0 Å². The van der Waals surface area contributed by atoms with E-state index in [-0.39, 0.29) is 4.90 Å². The molecule has 1 heterocycles. The summed E-state index contributed by atoms with van der Waals surface area (Å²) in [4.78, 5) is 26.2. The van der Waals surface area contributed by atoms with Gasteiger partial charge in [0, 0.05) is 17.6 Å². The van der Waals surface area contributed by atoms with Crippen LogP contribution in [0.15, 0.2) is 53.4 Å². The van der Waals surface area contributed by atoms with Gasteiger partial charge in [-0.2, -0.15) is 0 Å². The first-order valence-corrected chi connectivity index (χ1v) is 9.60. The van der Waals surface area contributed by atoms with E-state index in [1.54, 1.807) is 31.2 Å². The molecule has 7 heteroatoms. The molecule has 0 N–H and O–H groups in total. The third-order valence-electron chi connectivity index (χ3n) is 4.48. The lowest BCUT2D eigenvalue weighted by Gasteiger charge is -2.37. The molecule has 25 heavy (non-hydrogen) atoms. The fraction of sp³-hybridized carbons (Fsp3) is 0.222. The number of amides is 2. The Kier molecular flexibility index (Phi) is 4.21. The normalized spacial score (nSPS) is 20.5. The second kappa shape index (κ2) is 5.97. The highest BCUT2D eigenvalue weighted by molar-refractivity contribution is 7.91. The van der Waals surface area contributed by atoms with Gasteiger partial charge >= 0.3 is 0 Å². The van der Waals surface area contributed by atoms with Crippen molar-refractivity contribution in [2.45, 2.75) is 17.2 Å². The van der Waals surface area contributed by atoms with Gasteiger partial charge in [0.05, 0.1) is 16.1 Å². The number of sulfone groups is 1. The zero-order valence-corrected chi connectivity index (χ0v) is 15.3. The number of rotatable bonds is 3. The number of benzene rings is 2. The molecule has 2 amide bonds. The molecule has 2 aromatic rings. The summed E-state index contributed by atoms with van der Waals surface area (Å²) in [5, 5.41) is 0.426. The average Bonchev–Trinajstić information content (AvgIpc) is 2.58. The Hall–Kier alpha value is -2.18. The summed E-state index contributed by atoms with van der Waals surface area (Å²) in [6.45, 7) is 1.56. The molecule has 0 saturated heterocycles. The van der Waals surface area contributed by atoms with E-state index in [1.165, 1.54) is 31.3 Å². The molecule has 1 aliphatic heterocycles. The highest BCUT2D eigenvalue weighted by Crippen LogP contribution is 2.36. The Morgan fingerprint density at radius 1 is 1.04 bits per heavy atom. The number of likely N-dealkylation sites (N-methyl/N-ethyl adjacent to an activating group) is 1. The van der Waals surface area contributed by atoms with Crippen molar-refractivity contribution in [1.29, 1.82) is 0 Å². The smallest absolute Gasteiger partial charge is 0.260 e. The SMILES string of the molecule is CN1C(=O)c2ccccc2C(C)(CS(=O)(=O)c2ccc(Cl)cc2)C1=O. The van der Waals surface area contributed by atoms with Gasteiger partial charge in [-0.05, 0) is 42.8 Å². The number of carbonyl (C=O) groups excluding carboxylic acids is 2. The molecule has 0 spiro atoms. The zero-order chi connectivity index (χ0) is 18.4. The molecule has 0 saturated carbocycles. The van der Waals surface area contributed by atoms with Crippen LogP contribution in [0.2, 0.25) is 5.02 Å². The summed E-state index contributed by atoms with van der Waals surface area (Å²) < 4.78 is 25.7. The molecular weight excluding hydrogens is 362 g/mol. The summed E-state index contributed by atoms with van der Waals surface area (Å²) in [5.41, 5.74) is -0.573. The van der Waals surface area contributed by atoms with Crippen LogP contribution < -0.4 is 0 Å². The number of nitrogens with zero attached hydrogens (tertiary/aromatic N) is 1. The van der Waals surface area contributed by atoms with Gasteiger partial charge in [-0.3, -0.25) is 14.5 Å². The first kappa shape index (κ1) is 17.6. The summed E-state index contributed by atoms with van der Waals surface area (Å²) >= 11 is 5.81. The monoisotopic (exact) mass is 377 g/mol. The Bertz CT molecular complexity index is 969. The second-order valence-electron chi connectivity index (χ2n) is 6.26. The summed E-state index contributed by atoms with van der Waals surface area (Å²) in [6, 6.07) is 12.4. The van der Waals surface area contributed by atoms with E-state index in [4.69, 9.17) is 11.6 Å². The van der Waals surface area contributed by atoms with Crippen LogP contribution in [0.3, 0.4) is 0 Å². The number of hydrogen-bond donors (Lipinski definition) is 0. The van der Waals surface area contributed by atoms with Gasteiger partial charge in [0.15, 0.2) is 9.84 Å². The summed E-state index contributed by atoms with van der Waals surface area (Å²) in [5.74, 6) is -1.40. The predicted octanol–water partition coefficient (Wildman–Crippen LogP) is 2.68. The van der Waals surface area contributed by atoms with Crippen LogP contribution in [0.5, 0.6) is 0 Å². The largest absolute Gasteiger partial charge is 0.281 e. The van der Waals surface area contributed by atoms with Crippen LogP contribution >= 0.6 is 11.6 Å². The van der Waals surface area contributed by atoms with E-state index in [0.29, 0.717) is 16.1 Å². The van der Waals surface area contributed by atoms with E-state index >= 15 is 0 Å². The minimum Gasteiger partial charge on any atom is -0.281 e. The van der Waals surface area contributed by atoms with Crippen LogP contribution in [0.1, 0.15) is 22.8 Å². The van der Waals surface area contributed by atoms with Crippen molar-refractivity contribution in [3.8, 4) is 0 Å². The van der Waals surface area contributed by atoms with E-state index in [2.05, 4.69) is 0 Å².